The number of carbonyl (C=O) groups is 4. The third kappa shape index (κ3) is 5.15. The first-order valence-corrected chi connectivity index (χ1v) is 12.0. The largest absolute Gasteiger partial charge is 0.445 e. The van der Waals surface area contributed by atoms with Crippen molar-refractivity contribution in [2.45, 2.75) is 43.5 Å². The minimum absolute atomic E-state index is 0.0871. The van der Waals surface area contributed by atoms with Crippen LogP contribution in [0, 0.1) is 0 Å². The summed E-state index contributed by atoms with van der Waals surface area (Å²) in [4.78, 5) is 51.0. The van der Waals surface area contributed by atoms with E-state index in [0.717, 1.165) is 21.6 Å². The highest BCUT2D eigenvalue weighted by Crippen LogP contribution is 2.28. The molecule has 4 rings (SSSR count). The second kappa shape index (κ2) is 9.84. The van der Waals surface area contributed by atoms with E-state index in [0.29, 0.717) is 23.6 Å². The first-order chi connectivity index (χ1) is 15.9. The molecule has 0 saturated carbocycles. The molecule has 0 bridgehead atoms. The lowest BCUT2D eigenvalue weighted by molar-refractivity contribution is -0.136. The lowest BCUT2D eigenvalue weighted by atomic mass is 10.0. The number of imide groups is 1. The van der Waals surface area contributed by atoms with Crippen LogP contribution in [0.15, 0.2) is 41.3 Å². The Bertz CT molecular complexity index is 1140. The average molecular weight is 488 g/mol. The molecule has 0 radical (unpaired) electrons. The fourth-order valence-corrected chi connectivity index (χ4v) is 4.78. The highest BCUT2D eigenvalue weighted by Gasteiger charge is 2.39. The number of rotatable bonds is 6. The third-order valence-electron chi connectivity index (χ3n) is 5.62. The molecule has 2 aliphatic heterocycles. The van der Waals surface area contributed by atoms with E-state index in [1.165, 1.54) is 16.7 Å². The lowest BCUT2D eigenvalue weighted by Gasteiger charge is -2.29. The van der Waals surface area contributed by atoms with Gasteiger partial charge in [0.25, 0.3) is 5.91 Å². The number of hydrogen-bond donors (Lipinski definition) is 2. The first-order valence-electron chi connectivity index (χ1n) is 10.3. The third-order valence-corrected chi connectivity index (χ3v) is 6.84. The van der Waals surface area contributed by atoms with Crippen LogP contribution in [0.25, 0.3) is 0 Å². The van der Waals surface area contributed by atoms with E-state index in [4.69, 9.17) is 16.3 Å². The number of benzene rings is 2. The second-order valence-electron chi connectivity index (χ2n) is 7.79. The summed E-state index contributed by atoms with van der Waals surface area (Å²) in [6.07, 6.45) is 1.87. The summed E-state index contributed by atoms with van der Waals surface area (Å²) in [5.41, 5.74) is 2.82. The van der Waals surface area contributed by atoms with Gasteiger partial charge in [0, 0.05) is 30.0 Å². The summed E-state index contributed by atoms with van der Waals surface area (Å²) in [5.74, 6) is -1.02. The van der Waals surface area contributed by atoms with Gasteiger partial charge < -0.3 is 15.0 Å². The molecule has 0 spiro atoms. The standard InChI is InChI=1S/C23H22ClN3O5S/c1-33-19-6-3-14(9-17(19)24)12-32-23(31)25-10-13-2-4-15-11-27(22(30)16(15)8-13)18-5-7-20(28)26-21(18)29/h2-4,6,8-9,18H,5,7,10-12H2,1H3,(H,25,31)(H,26,28,29). The lowest BCUT2D eigenvalue weighted by Crippen LogP contribution is -2.52. The van der Waals surface area contributed by atoms with Crippen LogP contribution in [-0.2, 0) is 34.0 Å². The van der Waals surface area contributed by atoms with E-state index in [1.807, 2.05) is 30.5 Å². The molecule has 33 heavy (non-hydrogen) atoms. The molecule has 1 unspecified atom stereocenters. The predicted octanol–water partition coefficient (Wildman–Crippen LogP) is 3.25. The normalized spacial score (nSPS) is 17.6. The van der Waals surface area contributed by atoms with E-state index < -0.39 is 18.0 Å². The van der Waals surface area contributed by atoms with E-state index in [2.05, 4.69) is 10.6 Å². The molecule has 0 aromatic heterocycles. The zero-order chi connectivity index (χ0) is 23.5. The van der Waals surface area contributed by atoms with Gasteiger partial charge in [-0.2, -0.15) is 0 Å². The van der Waals surface area contributed by atoms with Crippen molar-refractivity contribution < 1.29 is 23.9 Å². The van der Waals surface area contributed by atoms with Crippen LogP contribution in [0.2, 0.25) is 5.02 Å². The van der Waals surface area contributed by atoms with E-state index >= 15 is 0 Å². The van der Waals surface area contributed by atoms with Gasteiger partial charge in [0.1, 0.15) is 12.6 Å². The summed E-state index contributed by atoms with van der Waals surface area (Å²) in [7, 11) is 0. The van der Waals surface area contributed by atoms with Crippen LogP contribution in [0.1, 0.15) is 39.9 Å². The minimum Gasteiger partial charge on any atom is -0.445 e. The maximum Gasteiger partial charge on any atom is 0.407 e. The maximum atomic E-state index is 12.9. The topological polar surface area (TPSA) is 105 Å². The fraction of sp³-hybridized carbons (Fsp3) is 0.304. The SMILES string of the molecule is CSc1ccc(COC(=O)NCc2ccc3c(c2)C(=O)N(C2CCC(=O)NC2=O)C3)cc1Cl. The Hall–Kier alpha value is -3.04. The minimum atomic E-state index is -0.655. The molecule has 8 nitrogen and oxygen atoms in total. The molecule has 10 heteroatoms. The number of halogens is 1. The van der Waals surface area contributed by atoms with E-state index in [9.17, 15) is 19.2 Å². The Balaban J connectivity index is 1.32. The van der Waals surface area contributed by atoms with Crippen LogP contribution in [0.4, 0.5) is 4.79 Å². The summed E-state index contributed by atoms with van der Waals surface area (Å²) < 4.78 is 5.25. The number of thioether (sulfide) groups is 1. The molecular formula is C23H22ClN3O5S. The summed E-state index contributed by atoms with van der Waals surface area (Å²) >= 11 is 7.71. The molecule has 172 valence electrons. The second-order valence-corrected chi connectivity index (χ2v) is 9.05. The highest BCUT2D eigenvalue weighted by atomic mass is 35.5. The van der Waals surface area contributed by atoms with Gasteiger partial charge in [-0.15, -0.1) is 11.8 Å². The summed E-state index contributed by atoms with van der Waals surface area (Å²) in [5, 5.41) is 5.57. The van der Waals surface area contributed by atoms with Gasteiger partial charge in [-0.25, -0.2) is 4.79 Å². The highest BCUT2D eigenvalue weighted by molar-refractivity contribution is 7.98. The zero-order valence-electron chi connectivity index (χ0n) is 17.9. The Morgan fingerprint density at radius 3 is 2.73 bits per heavy atom. The van der Waals surface area contributed by atoms with Crippen LogP contribution >= 0.6 is 23.4 Å². The van der Waals surface area contributed by atoms with Crippen molar-refractivity contribution in [1.82, 2.24) is 15.5 Å². The van der Waals surface area contributed by atoms with E-state index in [-0.39, 0.29) is 31.4 Å². The number of fused-ring (bicyclic) bond motifs is 1. The van der Waals surface area contributed by atoms with Crippen molar-refractivity contribution in [2.75, 3.05) is 6.26 Å². The smallest absolute Gasteiger partial charge is 0.407 e. The van der Waals surface area contributed by atoms with Crippen LogP contribution in [-0.4, -0.2) is 41.0 Å². The number of carbonyl (C=O) groups excluding carboxylic acids is 4. The number of amides is 4. The molecular weight excluding hydrogens is 466 g/mol. The monoisotopic (exact) mass is 487 g/mol. The molecule has 1 saturated heterocycles. The van der Waals surface area contributed by atoms with Crippen molar-refractivity contribution in [3.05, 3.63) is 63.7 Å². The van der Waals surface area contributed by atoms with Gasteiger partial charge >= 0.3 is 6.09 Å². The van der Waals surface area contributed by atoms with Gasteiger partial charge in [0.2, 0.25) is 11.8 Å². The van der Waals surface area contributed by atoms with Gasteiger partial charge in [0.05, 0.1) is 5.02 Å². The van der Waals surface area contributed by atoms with Crippen molar-refractivity contribution in [2.24, 2.45) is 0 Å². The molecule has 2 heterocycles. The number of ether oxygens (including phenoxy) is 1. The molecule has 1 fully saturated rings. The average Bonchev–Trinajstić information content (AvgIpc) is 3.12. The Labute approximate surface area is 200 Å². The Morgan fingerprint density at radius 1 is 1.21 bits per heavy atom. The number of nitrogens with zero attached hydrogens (tertiary/aromatic N) is 1. The number of alkyl carbamates (subject to hydrolysis) is 1. The molecule has 2 aromatic carbocycles. The summed E-state index contributed by atoms with van der Waals surface area (Å²) in [6.45, 7) is 0.585. The number of piperidine rings is 1. The quantitative estimate of drug-likeness (QED) is 0.478. The van der Waals surface area contributed by atoms with Gasteiger partial charge in [-0.1, -0.05) is 29.8 Å². The van der Waals surface area contributed by atoms with E-state index in [1.54, 1.807) is 12.1 Å². The van der Waals surface area contributed by atoms with Crippen LogP contribution < -0.4 is 10.6 Å². The maximum absolute atomic E-state index is 12.9. The van der Waals surface area contributed by atoms with Crippen LogP contribution in [0.5, 0.6) is 0 Å². The van der Waals surface area contributed by atoms with Gasteiger partial charge in [-0.3, -0.25) is 19.7 Å². The van der Waals surface area contributed by atoms with Crippen LogP contribution in [0.3, 0.4) is 0 Å². The van der Waals surface area contributed by atoms with Gasteiger partial charge in [-0.05, 0) is 47.6 Å². The molecule has 4 amide bonds. The Morgan fingerprint density at radius 2 is 2.00 bits per heavy atom. The van der Waals surface area contributed by atoms with Gasteiger partial charge in [0.15, 0.2) is 0 Å². The zero-order valence-corrected chi connectivity index (χ0v) is 19.4. The predicted molar refractivity (Wildman–Crippen MR) is 123 cm³/mol. The van der Waals surface area contributed by atoms with Crippen molar-refractivity contribution in [3.63, 3.8) is 0 Å². The first kappa shape index (κ1) is 23.1. The molecule has 2 aliphatic rings. The van der Waals surface area contributed by atoms with Crippen molar-refractivity contribution >= 4 is 47.2 Å². The fourth-order valence-electron chi connectivity index (χ4n) is 3.89. The summed E-state index contributed by atoms with van der Waals surface area (Å²) in [6, 6.07) is 10.2. The molecule has 2 aromatic rings. The van der Waals surface area contributed by atoms with Crippen molar-refractivity contribution in [1.29, 1.82) is 0 Å². The molecule has 2 N–H and O–H groups in total. The van der Waals surface area contributed by atoms with Crippen molar-refractivity contribution in [3.8, 4) is 0 Å². The molecule has 1 atom stereocenters. The molecule has 0 aliphatic carbocycles. The number of hydrogen-bond acceptors (Lipinski definition) is 6. The Kier molecular flexibility index (Phi) is 6.90. The number of nitrogens with one attached hydrogen (secondary N) is 2.